The van der Waals surface area contributed by atoms with Gasteiger partial charge in [0.2, 0.25) is 0 Å². The summed E-state index contributed by atoms with van der Waals surface area (Å²) in [6.45, 7) is 3.20. The Morgan fingerprint density at radius 2 is 2.06 bits per heavy atom. The molecule has 1 aliphatic carbocycles. The molecule has 2 rings (SSSR count). The van der Waals surface area contributed by atoms with Crippen molar-refractivity contribution in [2.24, 2.45) is 0 Å². The van der Waals surface area contributed by atoms with Gasteiger partial charge in [-0.15, -0.1) is 11.8 Å². The lowest BCUT2D eigenvalue weighted by Crippen LogP contribution is -2.22. The Labute approximate surface area is 109 Å². The zero-order chi connectivity index (χ0) is 12.1. The minimum Gasteiger partial charge on any atom is -0.307 e. The van der Waals surface area contributed by atoms with E-state index in [0.717, 1.165) is 6.54 Å². The summed E-state index contributed by atoms with van der Waals surface area (Å²) in [4.78, 5) is 1.34. The Kier molecular flexibility index (Phi) is 4.69. The monoisotopic (exact) mass is 247 g/mol. The fraction of sp³-hybridized carbons (Fsp3) is 0.467. The second-order valence-electron chi connectivity index (χ2n) is 4.44. The predicted molar refractivity (Wildman–Crippen MR) is 76.6 cm³/mol. The standard InChI is InChI=1S/C15H21NS/c1-3-16-15(12-6-4-5-7-12)13-8-10-14(17-2)11-9-13/h6,8-11,15-16H,3-5,7H2,1-2H3. The summed E-state index contributed by atoms with van der Waals surface area (Å²) in [6.07, 6.45) is 8.36. The first-order chi connectivity index (χ1) is 8.35. The molecular weight excluding hydrogens is 226 g/mol. The zero-order valence-electron chi connectivity index (χ0n) is 10.7. The maximum absolute atomic E-state index is 3.60. The number of allylic oxidation sites excluding steroid dienone is 1. The average molecular weight is 247 g/mol. The van der Waals surface area contributed by atoms with Crippen molar-refractivity contribution in [3.8, 4) is 0 Å². The minimum absolute atomic E-state index is 0.429. The van der Waals surface area contributed by atoms with Crippen molar-refractivity contribution in [3.63, 3.8) is 0 Å². The lowest BCUT2D eigenvalue weighted by Gasteiger charge is -2.20. The van der Waals surface area contributed by atoms with Crippen LogP contribution in [0.5, 0.6) is 0 Å². The third-order valence-electron chi connectivity index (χ3n) is 3.30. The van der Waals surface area contributed by atoms with Gasteiger partial charge >= 0.3 is 0 Å². The summed E-state index contributed by atoms with van der Waals surface area (Å²) in [5, 5.41) is 3.60. The SMILES string of the molecule is CCNC(C1=CCCC1)c1ccc(SC)cc1. The minimum atomic E-state index is 0.429. The summed E-state index contributed by atoms with van der Waals surface area (Å²) in [6, 6.07) is 9.40. The summed E-state index contributed by atoms with van der Waals surface area (Å²) in [7, 11) is 0. The van der Waals surface area contributed by atoms with Gasteiger partial charge in [0.1, 0.15) is 0 Å². The van der Waals surface area contributed by atoms with E-state index in [2.05, 4.69) is 48.8 Å². The molecule has 92 valence electrons. The molecule has 0 spiro atoms. The average Bonchev–Trinajstić information content (AvgIpc) is 2.90. The molecule has 2 heteroatoms. The molecule has 0 bridgehead atoms. The van der Waals surface area contributed by atoms with Gasteiger partial charge in [0, 0.05) is 4.90 Å². The van der Waals surface area contributed by atoms with Crippen molar-refractivity contribution in [1.82, 2.24) is 5.32 Å². The van der Waals surface area contributed by atoms with Crippen LogP contribution < -0.4 is 5.32 Å². The fourth-order valence-corrected chi connectivity index (χ4v) is 2.83. The summed E-state index contributed by atoms with van der Waals surface area (Å²) in [5.41, 5.74) is 2.97. The second kappa shape index (κ2) is 6.27. The summed E-state index contributed by atoms with van der Waals surface area (Å²) in [5.74, 6) is 0. The van der Waals surface area contributed by atoms with E-state index in [9.17, 15) is 0 Å². The van der Waals surface area contributed by atoms with Crippen molar-refractivity contribution < 1.29 is 0 Å². The molecule has 0 aromatic heterocycles. The molecule has 1 aromatic rings. The number of rotatable bonds is 5. The molecule has 1 N–H and O–H groups in total. The van der Waals surface area contributed by atoms with Crippen molar-refractivity contribution in [2.45, 2.75) is 37.1 Å². The van der Waals surface area contributed by atoms with Crippen LogP contribution in [-0.4, -0.2) is 12.8 Å². The Balaban J connectivity index is 2.19. The van der Waals surface area contributed by atoms with Crippen LogP contribution in [0.25, 0.3) is 0 Å². The van der Waals surface area contributed by atoms with Gasteiger partial charge in [-0.3, -0.25) is 0 Å². The second-order valence-corrected chi connectivity index (χ2v) is 5.31. The number of hydrogen-bond donors (Lipinski definition) is 1. The lowest BCUT2D eigenvalue weighted by atomic mass is 9.98. The van der Waals surface area contributed by atoms with E-state index in [0.29, 0.717) is 6.04 Å². The Morgan fingerprint density at radius 1 is 1.29 bits per heavy atom. The maximum atomic E-state index is 3.60. The largest absolute Gasteiger partial charge is 0.307 e. The first-order valence-electron chi connectivity index (χ1n) is 6.41. The number of hydrogen-bond acceptors (Lipinski definition) is 2. The topological polar surface area (TPSA) is 12.0 Å². The van der Waals surface area contributed by atoms with E-state index in [1.807, 2.05) is 0 Å². The molecule has 1 aliphatic rings. The van der Waals surface area contributed by atoms with E-state index in [1.54, 1.807) is 17.3 Å². The Hall–Kier alpha value is -0.730. The highest BCUT2D eigenvalue weighted by Gasteiger charge is 2.17. The third-order valence-corrected chi connectivity index (χ3v) is 4.05. The molecule has 0 saturated carbocycles. The Morgan fingerprint density at radius 3 is 2.59 bits per heavy atom. The quantitative estimate of drug-likeness (QED) is 0.619. The number of benzene rings is 1. The molecule has 1 aromatic carbocycles. The highest BCUT2D eigenvalue weighted by Crippen LogP contribution is 2.31. The molecule has 0 fully saturated rings. The lowest BCUT2D eigenvalue weighted by molar-refractivity contribution is 0.605. The first-order valence-corrected chi connectivity index (χ1v) is 7.64. The van der Waals surface area contributed by atoms with Crippen LogP contribution in [0.3, 0.4) is 0 Å². The summed E-state index contributed by atoms with van der Waals surface area (Å²) < 4.78 is 0. The van der Waals surface area contributed by atoms with Crippen LogP contribution in [0.15, 0.2) is 40.8 Å². The molecule has 0 amide bonds. The van der Waals surface area contributed by atoms with Crippen LogP contribution in [-0.2, 0) is 0 Å². The molecule has 17 heavy (non-hydrogen) atoms. The molecule has 0 aliphatic heterocycles. The van der Waals surface area contributed by atoms with Gasteiger partial charge in [-0.05, 0) is 49.8 Å². The molecular formula is C15H21NS. The van der Waals surface area contributed by atoms with Crippen molar-refractivity contribution in [1.29, 1.82) is 0 Å². The molecule has 0 saturated heterocycles. The highest BCUT2D eigenvalue weighted by molar-refractivity contribution is 7.98. The van der Waals surface area contributed by atoms with Gasteiger partial charge in [-0.1, -0.05) is 30.7 Å². The van der Waals surface area contributed by atoms with Crippen LogP contribution in [0.4, 0.5) is 0 Å². The van der Waals surface area contributed by atoms with Gasteiger partial charge in [-0.2, -0.15) is 0 Å². The van der Waals surface area contributed by atoms with E-state index in [4.69, 9.17) is 0 Å². The highest BCUT2D eigenvalue weighted by atomic mass is 32.2. The number of nitrogens with one attached hydrogen (secondary N) is 1. The predicted octanol–water partition coefficient (Wildman–Crippen LogP) is 4.17. The first kappa shape index (κ1) is 12.7. The van der Waals surface area contributed by atoms with Crippen molar-refractivity contribution in [3.05, 3.63) is 41.5 Å². The van der Waals surface area contributed by atoms with Crippen molar-refractivity contribution in [2.75, 3.05) is 12.8 Å². The zero-order valence-corrected chi connectivity index (χ0v) is 11.5. The van der Waals surface area contributed by atoms with E-state index in [-0.39, 0.29) is 0 Å². The van der Waals surface area contributed by atoms with Gasteiger partial charge in [-0.25, -0.2) is 0 Å². The third kappa shape index (κ3) is 3.14. The Bertz CT molecular complexity index is 380. The normalized spacial score (nSPS) is 16.9. The van der Waals surface area contributed by atoms with E-state index < -0.39 is 0 Å². The molecule has 0 heterocycles. The van der Waals surface area contributed by atoms with Crippen LogP contribution in [0, 0.1) is 0 Å². The molecule has 0 radical (unpaired) electrons. The van der Waals surface area contributed by atoms with E-state index in [1.165, 1.54) is 29.7 Å². The van der Waals surface area contributed by atoms with Gasteiger partial charge in [0.15, 0.2) is 0 Å². The van der Waals surface area contributed by atoms with Crippen LogP contribution >= 0.6 is 11.8 Å². The summed E-state index contributed by atoms with van der Waals surface area (Å²) >= 11 is 1.80. The van der Waals surface area contributed by atoms with E-state index >= 15 is 0 Å². The fourth-order valence-electron chi connectivity index (χ4n) is 2.42. The van der Waals surface area contributed by atoms with Gasteiger partial charge in [0.25, 0.3) is 0 Å². The molecule has 1 unspecified atom stereocenters. The molecule has 1 nitrogen and oxygen atoms in total. The number of likely N-dealkylation sites (N-methyl/N-ethyl adjacent to an activating group) is 1. The smallest absolute Gasteiger partial charge is 0.0535 e. The number of thioether (sulfide) groups is 1. The van der Waals surface area contributed by atoms with Crippen LogP contribution in [0.2, 0.25) is 0 Å². The maximum Gasteiger partial charge on any atom is 0.0535 e. The van der Waals surface area contributed by atoms with Gasteiger partial charge < -0.3 is 5.32 Å². The van der Waals surface area contributed by atoms with Gasteiger partial charge in [0.05, 0.1) is 6.04 Å². The molecule has 1 atom stereocenters. The van der Waals surface area contributed by atoms with Crippen LogP contribution in [0.1, 0.15) is 37.8 Å². The van der Waals surface area contributed by atoms with Crippen molar-refractivity contribution >= 4 is 11.8 Å².